The van der Waals surface area contributed by atoms with E-state index in [9.17, 15) is 18.0 Å². The van der Waals surface area contributed by atoms with Crippen molar-refractivity contribution in [2.45, 2.75) is 55.7 Å². The van der Waals surface area contributed by atoms with Gasteiger partial charge in [-0.25, -0.2) is 18.1 Å². The molecule has 3 rings (SSSR count). The number of nitrogens with zero attached hydrogens (tertiary/aromatic N) is 2. The first-order valence-electron chi connectivity index (χ1n) is 8.15. The molecule has 1 unspecified atom stereocenters. The minimum Gasteiger partial charge on any atom is -0.339 e. The second-order valence-electron chi connectivity index (χ2n) is 6.41. The maximum absolute atomic E-state index is 12.3. The van der Waals surface area contributed by atoms with E-state index in [0.29, 0.717) is 11.6 Å². The topological polar surface area (TPSA) is 96.4 Å². The monoisotopic (exact) mass is 371 g/mol. The Morgan fingerprint density at radius 1 is 1.33 bits per heavy atom. The molecule has 24 heavy (non-hydrogen) atoms. The fourth-order valence-electron chi connectivity index (χ4n) is 3.39. The Bertz CT molecular complexity index is 738. The van der Waals surface area contributed by atoms with Gasteiger partial charge >= 0.3 is 0 Å². The van der Waals surface area contributed by atoms with Crippen molar-refractivity contribution >= 4 is 33.2 Å². The number of aromatic nitrogens is 1. The van der Waals surface area contributed by atoms with Crippen LogP contribution >= 0.6 is 11.3 Å². The molecule has 1 N–H and O–H groups in total. The van der Waals surface area contributed by atoms with Gasteiger partial charge < -0.3 is 4.90 Å². The third-order valence-electron chi connectivity index (χ3n) is 4.64. The van der Waals surface area contributed by atoms with E-state index in [1.54, 1.807) is 11.8 Å². The molecule has 7 nitrogen and oxygen atoms in total. The Morgan fingerprint density at radius 3 is 2.67 bits per heavy atom. The number of hydrogen-bond donors (Lipinski definition) is 1. The fourth-order valence-corrected chi connectivity index (χ4v) is 5.54. The van der Waals surface area contributed by atoms with E-state index in [2.05, 4.69) is 9.71 Å². The van der Waals surface area contributed by atoms with E-state index in [-0.39, 0.29) is 22.6 Å². The largest absolute Gasteiger partial charge is 0.339 e. The van der Waals surface area contributed by atoms with E-state index in [4.69, 9.17) is 0 Å². The molecule has 1 atom stereocenters. The van der Waals surface area contributed by atoms with E-state index in [0.717, 1.165) is 37.0 Å². The van der Waals surface area contributed by atoms with Crippen LogP contribution in [0.3, 0.4) is 0 Å². The average Bonchev–Trinajstić information content (AvgIpc) is 3.14. The SMILES string of the molecule is Cc1ncc(S(=O)(=O)NC(=O)C2CC(=O)N(C3CCCCC3)C2)s1. The lowest BCUT2D eigenvalue weighted by Crippen LogP contribution is -2.40. The first-order chi connectivity index (χ1) is 11.4. The predicted molar refractivity (Wildman–Crippen MR) is 88.9 cm³/mol. The molecule has 2 aliphatic rings. The van der Waals surface area contributed by atoms with Gasteiger partial charge in [-0.05, 0) is 19.8 Å². The van der Waals surface area contributed by atoms with Crippen molar-refractivity contribution in [2.75, 3.05) is 6.54 Å². The van der Waals surface area contributed by atoms with Gasteiger partial charge in [0.15, 0.2) is 4.21 Å². The van der Waals surface area contributed by atoms with Gasteiger partial charge in [-0.1, -0.05) is 19.3 Å². The second kappa shape index (κ2) is 6.79. The number of rotatable bonds is 4. The Labute approximate surface area is 145 Å². The van der Waals surface area contributed by atoms with E-state index in [1.807, 2.05) is 0 Å². The number of likely N-dealkylation sites (tertiary alicyclic amines) is 1. The van der Waals surface area contributed by atoms with Gasteiger partial charge in [0.05, 0.1) is 17.1 Å². The van der Waals surface area contributed by atoms with Gasteiger partial charge in [0.25, 0.3) is 10.0 Å². The van der Waals surface area contributed by atoms with Crippen LogP contribution in [0.25, 0.3) is 0 Å². The second-order valence-corrected chi connectivity index (χ2v) is 9.55. The zero-order valence-corrected chi connectivity index (χ0v) is 15.2. The summed E-state index contributed by atoms with van der Waals surface area (Å²) >= 11 is 1.01. The summed E-state index contributed by atoms with van der Waals surface area (Å²) in [5, 5.41) is 0.613. The number of hydrogen-bond acceptors (Lipinski definition) is 6. The Balaban J connectivity index is 1.64. The molecule has 2 fully saturated rings. The average molecular weight is 371 g/mol. The summed E-state index contributed by atoms with van der Waals surface area (Å²) < 4.78 is 26.5. The fraction of sp³-hybridized carbons (Fsp3) is 0.667. The summed E-state index contributed by atoms with van der Waals surface area (Å²) in [4.78, 5) is 30.2. The highest BCUT2D eigenvalue weighted by Gasteiger charge is 2.39. The number of thiazole rings is 1. The van der Waals surface area contributed by atoms with Crippen LogP contribution in [-0.4, -0.2) is 42.7 Å². The first-order valence-corrected chi connectivity index (χ1v) is 10.5. The number of amides is 2. The van der Waals surface area contributed by atoms with E-state index in [1.165, 1.54) is 12.6 Å². The van der Waals surface area contributed by atoms with Gasteiger partial charge in [0.1, 0.15) is 0 Å². The molecule has 1 aromatic rings. The van der Waals surface area contributed by atoms with Crippen LogP contribution in [0.15, 0.2) is 10.4 Å². The van der Waals surface area contributed by atoms with Crippen LogP contribution in [0.1, 0.15) is 43.5 Å². The van der Waals surface area contributed by atoms with Crippen molar-refractivity contribution in [3.05, 3.63) is 11.2 Å². The van der Waals surface area contributed by atoms with Crippen molar-refractivity contribution < 1.29 is 18.0 Å². The molecule has 1 aromatic heterocycles. The van der Waals surface area contributed by atoms with Crippen LogP contribution in [-0.2, 0) is 19.6 Å². The summed E-state index contributed by atoms with van der Waals surface area (Å²) in [6, 6.07) is 0.199. The highest BCUT2D eigenvalue weighted by molar-refractivity contribution is 7.92. The third kappa shape index (κ3) is 3.61. The number of carbonyl (C=O) groups is 2. The molecule has 1 aliphatic heterocycles. The van der Waals surface area contributed by atoms with Gasteiger partial charge in [-0.2, -0.15) is 0 Å². The van der Waals surface area contributed by atoms with E-state index >= 15 is 0 Å². The maximum Gasteiger partial charge on any atom is 0.275 e. The van der Waals surface area contributed by atoms with Crippen LogP contribution in [0.2, 0.25) is 0 Å². The normalized spacial score (nSPS) is 22.8. The standard InChI is InChI=1S/C15H21N3O4S2/c1-10-16-8-14(23-10)24(21,22)17-15(20)11-7-13(19)18(9-11)12-5-3-2-4-6-12/h8,11-12H,2-7,9H2,1H3,(H,17,20). The van der Waals surface area contributed by atoms with Gasteiger partial charge in [-0.3, -0.25) is 9.59 Å². The Morgan fingerprint density at radius 2 is 2.04 bits per heavy atom. The smallest absolute Gasteiger partial charge is 0.275 e. The Kier molecular flexibility index (Phi) is 4.91. The van der Waals surface area contributed by atoms with Crippen molar-refractivity contribution in [3.8, 4) is 0 Å². The number of carbonyl (C=O) groups excluding carboxylic acids is 2. The molecule has 132 valence electrons. The number of aryl methyl sites for hydroxylation is 1. The van der Waals surface area contributed by atoms with Crippen LogP contribution in [0, 0.1) is 12.8 Å². The lowest BCUT2D eigenvalue weighted by Gasteiger charge is -2.31. The summed E-state index contributed by atoms with van der Waals surface area (Å²) in [6.07, 6.45) is 6.66. The molecule has 1 saturated carbocycles. The maximum atomic E-state index is 12.3. The minimum absolute atomic E-state index is 0.0156. The summed E-state index contributed by atoms with van der Waals surface area (Å²) in [5.41, 5.74) is 0. The number of nitrogens with one attached hydrogen (secondary N) is 1. The minimum atomic E-state index is -3.91. The van der Waals surface area contributed by atoms with Gasteiger partial charge in [0, 0.05) is 19.0 Å². The number of sulfonamides is 1. The molecule has 0 bridgehead atoms. The van der Waals surface area contributed by atoms with Crippen LogP contribution in [0.5, 0.6) is 0 Å². The lowest BCUT2D eigenvalue weighted by atomic mass is 9.94. The molecule has 2 amide bonds. The molecule has 9 heteroatoms. The van der Waals surface area contributed by atoms with Crippen molar-refractivity contribution in [3.63, 3.8) is 0 Å². The lowest BCUT2D eigenvalue weighted by molar-refractivity contribution is -0.130. The molecule has 0 spiro atoms. The highest BCUT2D eigenvalue weighted by atomic mass is 32.2. The van der Waals surface area contributed by atoms with Crippen molar-refractivity contribution in [1.82, 2.24) is 14.6 Å². The van der Waals surface area contributed by atoms with Gasteiger partial charge in [-0.15, -0.1) is 11.3 Å². The van der Waals surface area contributed by atoms with Crippen LogP contribution < -0.4 is 4.72 Å². The molecular formula is C15H21N3O4S2. The zero-order valence-electron chi connectivity index (χ0n) is 13.5. The molecule has 1 aliphatic carbocycles. The highest BCUT2D eigenvalue weighted by Crippen LogP contribution is 2.29. The molecule has 0 aromatic carbocycles. The summed E-state index contributed by atoms with van der Waals surface area (Å²) in [7, 11) is -3.91. The molecule has 1 saturated heterocycles. The zero-order chi connectivity index (χ0) is 17.3. The molecule has 2 heterocycles. The van der Waals surface area contributed by atoms with Gasteiger partial charge in [0.2, 0.25) is 11.8 Å². The van der Waals surface area contributed by atoms with E-state index < -0.39 is 21.8 Å². The van der Waals surface area contributed by atoms with Crippen molar-refractivity contribution in [2.24, 2.45) is 5.92 Å². The third-order valence-corrected chi connectivity index (χ3v) is 7.37. The first kappa shape index (κ1) is 17.3. The molecule has 0 radical (unpaired) electrons. The van der Waals surface area contributed by atoms with Crippen LogP contribution in [0.4, 0.5) is 0 Å². The summed E-state index contributed by atoms with van der Waals surface area (Å²) in [6.45, 7) is 2.01. The molecular weight excluding hydrogens is 350 g/mol. The quantitative estimate of drug-likeness (QED) is 0.864. The Hall–Kier alpha value is -1.48. The van der Waals surface area contributed by atoms with Crippen molar-refractivity contribution in [1.29, 1.82) is 0 Å². The predicted octanol–water partition coefficient (Wildman–Crippen LogP) is 1.44. The summed E-state index contributed by atoms with van der Waals surface area (Å²) in [5.74, 6) is -1.26.